The van der Waals surface area contributed by atoms with Gasteiger partial charge in [0.05, 0.1) is 0 Å². The topological polar surface area (TPSA) is 29.1 Å². The molecule has 1 aromatic carbocycles. The van der Waals surface area contributed by atoms with Crippen molar-refractivity contribution >= 4 is 28.5 Å². The third-order valence-electron chi connectivity index (χ3n) is 2.25. The predicted octanol–water partition coefficient (Wildman–Crippen LogP) is 2.56. The minimum atomic E-state index is 0.0391. The molecule has 82 valence electrons. The average Bonchev–Trinajstić information content (AvgIpc) is 2.18. The van der Waals surface area contributed by atoms with E-state index in [0.29, 0.717) is 3.92 Å². The Kier molecular flexibility index (Phi) is 5.08. The van der Waals surface area contributed by atoms with E-state index >= 15 is 0 Å². The molecule has 0 saturated carbocycles. The monoisotopic (exact) mass is 317 g/mol. The zero-order valence-electron chi connectivity index (χ0n) is 9.03. The fourth-order valence-corrected chi connectivity index (χ4v) is 2.12. The molecule has 3 heteroatoms. The second-order valence-corrected chi connectivity index (χ2v) is 5.29. The highest BCUT2D eigenvalue weighted by Crippen LogP contribution is 2.13. The molecule has 0 heterocycles. The lowest BCUT2D eigenvalue weighted by Gasteiger charge is -2.19. The highest BCUT2D eigenvalue weighted by molar-refractivity contribution is 14.1. The molecule has 0 spiro atoms. The van der Waals surface area contributed by atoms with Crippen LogP contribution in [0, 0.1) is 0 Å². The van der Waals surface area contributed by atoms with Gasteiger partial charge < -0.3 is 5.32 Å². The lowest BCUT2D eigenvalue weighted by molar-refractivity contribution is -0.119. The van der Waals surface area contributed by atoms with Gasteiger partial charge in [0.1, 0.15) is 0 Å². The molecule has 0 aliphatic heterocycles. The molecule has 0 radical (unpaired) electrons. The van der Waals surface area contributed by atoms with E-state index in [1.54, 1.807) is 6.92 Å². The third-order valence-corrected chi connectivity index (χ3v) is 3.77. The molecule has 0 aliphatic carbocycles. The number of halogens is 1. The Balaban J connectivity index is 2.48. The Hall–Kier alpha value is -0.580. The van der Waals surface area contributed by atoms with E-state index in [0.717, 1.165) is 6.42 Å². The molecule has 15 heavy (non-hydrogen) atoms. The molecule has 1 rings (SSSR count). The summed E-state index contributed by atoms with van der Waals surface area (Å²) in [5, 5.41) is 2.92. The first-order chi connectivity index (χ1) is 7.09. The zero-order valence-corrected chi connectivity index (χ0v) is 11.2. The summed E-state index contributed by atoms with van der Waals surface area (Å²) in [7, 11) is 0. The number of carbonyl (C=O) groups excluding carboxylic acids is 1. The van der Waals surface area contributed by atoms with Crippen molar-refractivity contribution in [2.75, 3.05) is 0 Å². The standard InChI is InChI=1S/C12H16INO/c1-9(14-10(2)15)12(13)8-11-6-4-3-5-7-11/h3-7,9,12H,8H2,1-2H3,(H,14,15). The van der Waals surface area contributed by atoms with Crippen LogP contribution in [-0.4, -0.2) is 15.9 Å². The van der Waals surface area contributed by atoms with Crippen molar-refractivity contribution in [3.63, 3.8) is 0 Å². The highest BCUT2D eigenvalue weighted by atomic mass is 127. The lowest BCUT2D eigenvalue weighted by atomic mass is 10.1. The van der Waals surface area contributed by atoms with E-state index in [2.05, 4.69) is 40.0 Å². The van der Waals surface area contributed by atoms with Gasteiger partial charge in [0, 0.05) is 16.9 Å². The quantitative estimate of drug-likeness (QED) is 0.671. The van der Waals surface area contributed by atoms with E-state index in [4.69, 9.17) is 0 Å². The first-order valence-corrected chi connectivity index (χ1v) is 6.29. The first-order valence-electron chi connectivity index (χ1n) is 5.04. The molecule has 1 aromatic rings. The van der Waals surface area contributed by atoms with Gasteiger partial charge >= 0.3 is 0 Å². The average molecular weight is 317 g/mol. The van der Waals surface area contributed by atoms with E-state index in [1.165, 1.54) is 5.56 Å². The summed E-state index contributed by atoms with van der Waals surface area (Å²) in [5.74, 6) is 0.0391. The Bertz CT molecular complexity index is 313. The van der Waals surface area contributed by atoms with Crippen molar-refractivity contribution in [2.24, 2.45) is 0 Å². The van der Waals surface area contributed by atoms with E-state index in [-0.39, 0.29) is 11.9 Å². The number of benzene rings is 1. The summed E-state index contributed by atoms with van der Waals surface area (Å²) in [6.45, 7) is 3.60. The zero-order chi connectivity index (χ0) is 11.3. The number of rotatable bonds is 4. The Morgan fingerprint density at radius 1 is 1.40 bits per heavy atom. The molecule has 0 aliphatic rings. The maximum atomic E-state index is 10.9. The van der Waals surface area contributed by atoms with E-state index in [1.807, 2.05) is 25.1 Å². The minimum Gasteiger partial charge on any atom is -0.353 e. The molecular formula is C12H16INO. The summed E-state index contributed by atoms with van der Waals surface area (Å²) in [4.78, 5) is 10.9. The summed E-state index contributed by atoms with van der Waals surface area (Å²) in [6, 6.07) is 10.5. The van der Waals surface area contributed by atoms with Gasteiger partial charge in [-0.3, -0.25) is 4.79 Å². The van der Waals surface area contributed by atoms with Crippen LogP contribution in [-0.2, 0) is 11.2 Å². The number of hydrogen-bond acceptors (Lipinski definition) is 1. The van der Waals surface area contributed by atoms with Crippen LogP contribution >= 0.6 is 22.6 Å². The minimum absolute atomic E-state index is 0.0391. The molecule has 0 aromatic heterocycles. The van der Waals surface area contributed by atoms with Crippen LogP contribution in [0.15, 0.2) is 30.3 Å². The Morgan fingerprint density at radius 2 is 2.00 bits per heavy atom. The van der Waals surface area contributed by atoms with Crippen LogP contribution < -0.4 is 5.32 Å². The second kappa shape index (κ2) is 6.10. The van der Waals surface area contributed by atoms with Gasteiger partial charge in [0.2, 0.25) is 5.91 Å². The molecule has 2 nitrogen and oxygen atoms in total. The summed E-state index contributed by atoms with van der Waals surface area (Å²) >= 11 is 2.39. The van der Waals surface area contributed by atoms with Crippen LogP contribution in [0.2, 0.25) is 0 Å². The summed E-state index contributed by atoms with van der Waals surface area (Å²) in [5.41, 5.74) is 1.31. The Morgan fingerprint density at radius 3 is 2.53 bits per heavy atom. The lowest BCUT2D eigenvalue weighted by Crippen LogP contribution is -2.38. The van der Waals surface area contributed by atoms with Crippen molar-refractivity contribution in [1.29, 1.82) is 0 Å². The molecule has 0 fully saturated rings. The van der Waals surface area contributed by atoms with Gasteiger partial charge in [0.25, 0.3) is 0 Å². The maximum Gasteiger partial charge on any atom is 0.217 e. The largest absolute Gasteiger partial charge is 0.353 e. The fourth-order valence-electron chi connectivity index (χ4n) is 1.43. The van der Waals surface area contributed by atoms with Crippen molar-refractivity contribution in [2.45, 2.75) is 30.2 Å². The smallest absolute Gasteiger partial charge is 0.217 e. The summed E-state index contributed by atoms with van der Waals surface area (Å²) < 4.78 is 0.425. The number of hydrogen-bond donors (Lipinski definition) is 1. The van der Waals surface area contributed by atoms with Crippen molar-refractivity contribution in [1.82, 2.24) is 5.32 Å². The first kappa shape index (κ1) is 12.5. The second-order valence-electron chi connectivity index (χ2n) is 3.69. The number of carbonyl (C=O) groups is 1. The van der Waals surface area contributed by atoms with Crippen LogP contribution in [0.1, 0.15) is 19.4 Å². The molecule has 0 saturated heterocycles. The predicted molar refractivity (Wildman–Crippen MR) is 71.2 cm³/mol. The number of nitrogens with one attached hydrogen (secondary N) is 1. The van der Waals surface area contributed by atoms with Crippen molar-refractivity contribution < 1.29 is 4.79 Å². The van der Waals surface area contributed by atoms with E-state index in [9.17, 15) is 4.79 Å². The van der Waals surface area contributed by atoms with Gasteiger partial charge in [-0.05, 0) is 18.9 Å². The number of amides is 1. The van der Waals surface area contributed by atoms with Gasteiger partial charge in [-0.25, -0.2) is 0 Å². The van der Waals surface area contributed by atoms with Crippen LogP contribution in [0.4, 0.5) is 0 Å². The van der Waals surface area contributed by atoms with Crippen molar-refractivity contribution in [3.05, 3.63) is 35.9 Å². The molecule has 0 bridgehead atoms. The third kappa shape index (κ3) is 4.64. The van der Waals surface area contributed by atoms with Crippen LogP contribution in [0.3, 0.4) is 0 Å². The normalized spacial score (nSPS) is 14.3. The molecular weight excluding hydrogens is 301 g/mol. The van der Waals surface area contributed by atoms with Crippen LogP contribution in [0.25, 0.3) is 0 Å². The van der Waals surface area contributed by atoms with Crippen LogP contribution in [0.5, 0.6) is 0 Å². The SMILES string of the molecule is CC(=O)NC(C)C(I)Cc1ccccc1. The highest BCUT2D eigenvalue weighted by Gasteiger charge is 2.14. The van der Waals surface area contributed by atoms with Gasteiger partial charge in [-0.15, -0.1) is 0 Å². The number of alkyl halides is 1. The maximum absolute atomic E-state index is 10.9. The van der Waals surface area contributed by atoms with Crippen molar-refractivity contribution in [3.8, 4) is 0 Å². The van der Waals surface area contributed by atoms with Gasteiger partial charge in [-0.2, -0.15) is 0 Å². The molecule has 1 N–H and O–H groups in total. The molecule has 2 atom stereocenters. The fraction of sp³-hybridized carbons (Fsp3) is 0.417. The van der Waals surface area contributed by atoms with E-state index < -0.39 is 0 Å². The molecule has 2 unspecified atom stereocenters. The Labute approximate surface area is 105 Å². The summed E-state index contributed by atoms with van der Waals surface area (Å²) in [6.07, 6.45) is 0.989. The van der Waals surface area contributed by atoms with Gasteiger partial charge in [-0.1, -0.05) is 52.9 Å². The molecule has 1 amide bonds. The van der Waals surface area contributed by atoms with Gasteiger partial charge in [0.15, 0.2) is 0 Å².